The molecule has 0 radical (unpaired) electrons. The standard InChI is InChI=1S/C36H21BrO/c37-31-19-17-22-9-1-2-10-24(22)36(31)35-28-14-5-3-12-26(28)34(27-13-4-6-15-29(27)35)23-18-20-33-30(21-23)25-11-7-8-16-32(25)38-33/h1-21H. The summed E-state index contributed by atoms with van der Waals surface area (Å²) in [5.41, 5.74) is 6.78. The van der Waals surface area contributed by atoms with Crippen LogP contribution in [-0.4, -0.2) is 0 Å². The Kier molecular flexibility index (Phi) is 4.74. The van der Waals surface area contributed by atoms with Crippen LogP contribution < -0.4 is 0 Å². The second-order valence-corrected chi connectivity index (χ2v) is 10.6. The van der Waals surface area contributed by atoms with E-state index in [1.165, 1.54) is 54.6 Å². The van der Waals surface area contributed by atoms with Gasteiger partial charge >= 0.3 is 0 Å². The van der Waals surface area contributed by atoms with Gasteiger partial charge in [0.15, 0.2) is 0 Å². The van der Waals surface area contributed by atoms with Gasteiger partial charge < -0.3 is 4.42 Å². The highest BCUT2D eigenvalue weighted by atomic mass is 79.9. The van der Waals surface area contributed by atoms with Gasteiger partial charge in [0.05, 0.1) is 0 Å². The van der Waals surface area contributed by atoms with E-state index >= 15 is 0 Å². The number of fused-ring (bicyclic) bond motifs is 6. The maximum Gasteiger partial charge on any atom is 0.135 e. The number of furan rings is 1. The van der Waals surface area contributed by atoms with Crippen LogP contribution in [0.1, 0.15) is 0 Å². The van der Waals surface area contributed by atoms with E-state index in [-0.39, 0.29) is 0 Å². The van der Waals surface area contributed by atoms with Gasteiger partial charge in [0.2, 0.25) is 0 Å². The lowest BCUT2D eigenvalue weighted by Gasteiger charge is -2.19. The average Bonchev–Trinajstić information content (AvgIpc) is 3.34. The summed E-state index contributed by atoms with van der Waals surface area (Å²) < 4.78 is 7.25. The Labute approximate surface area is 228 Å². The van der Waals surface area contributed by atoms with E-state index in [0.717, 1.165) is 26.4 Å². The maximum atomic E-state index is 6.14. The summed E-state index contributed by atoms with van der Waals surface area (Å²) in [5.74, 6) is 0. The highest BCUT2D eigenvalue weighted by molar-refractivity contribution is 9.10. The molecule has 0 amide bonds. The Morgan fingerprint density at radius 3 is 1.66 bits per heavy atom. The second-order valence-electron chi connectivity index (χ2n) is 9.79. The zero-order valence-electron chi connectivity index (χ0n) is 20.4. The van der Waals surface area contributed by atoms with Gasteiger partial charge in [0.1, 0.15) is 11.2 Å². The maximum absolute atomic E-state index is 6.14. The Hall–Kier alpha value is -4.40. The Balaban J connectivity index is 1.54. The zero-order valence-corrected chi connectivity index (χ0v) is 22.0. The fraction of sp³-hybridized carbons (Fsp3) is 0. The van der Waals surface area contributed by atoms with Crippen LogP contribution in [-0.2, 0) is 0 Å². The Morgan fingerprint density at radius 1 is 0.395 bits per heavy atom. The lowest BCUT2D eigenvalue weighted by molar-refractivity contribution is 0.669. The Morgan fingerprint density at radius 2 is 0.947 bits per heavy atom. The SMILES string of the molecule is Brc1ccc2ccccc2c1-c1c2ccccc2c(-c2ccc3oc4ccccc4c3c2)c2ccccc12. The van der Waals surface area contributed by atoms with Crippen molar-refractivity contribution in [1.82, 2.24) is 0 Å². The molecule has 0 spiro atoms. The number of halogens is 1. The van der Waals surface area contributed by atoms with Crippen molar-refractivity contribution >= 4 is 70.2 Å². The average molecular weight is 549 g/mol. The lowest BCUT2D eigenvalue weighted by Crippen LogP contribution is -1.92. The van der Waals surface area contributed by atoms with Crippen molar-refractivity contribution in [2.45, 2.75) is 0 Å². The molecule has 0 saturated heterocycles. The minimum absolute atomic E-state index is 0.917. The topological polar surface area (TPSA) is 13.1 Å². The summed E-state index contributed by atoms with van der Waals surface area (Å²) in [7, 11) is 0. The van der Waals surface area contributed by atoms with Crippen LogP contribution >= 0.6 is 15.9 Å². The molecule has 1 aromatic heterocycles. The van der Waals surface area contributed by atoms with Crippen molar-refractivity contribution in [2.24, 2.45) is 0 Å². The summed E-state index contributed by atoms with van der Waals surface area (Å²) in [5, 5.41) is 9.75. The molecule has 0 fully saturated rings. The largest absolute Gasteiger partial charge is 0.456 e. The van der Waals surface area contributed by atoms with Crippen molar-refractivity contribution in [2.75, 3.05) is 0 Å². The minimum Gasteiger partial charge on any atom is -0.456 e. The van der Waals surface area contributed by atoms with Crippen LogP contribution in [0.5, 0.6) is 0 Å². The van der Waals surface area contributed by atoms with E-state index in [9.17, 15) is 0 Å². The van der Waals surface area contributed by atoms with Gasteiger partial charge in [-0.1, -0.05) is 119 Å². The third-order valence-corrected chi connectivity index (χ3v) is 8.39. The van der Waals surface area contributed by atoms with Crippen LogP contribution in [0.2, 0.25) is 0 Å². The fourth-order valence-corrected chi connectivity index (χ4v) is 6.63. The zero-order chi connectivity index (χ0) is 25.2. The Bertz CT molecular complexity index is 2150. The minimum atomic E-state index is 0.917. The molecule has 178 valence electrons. The first-order valence-electron chi connectivity index (χ1n) is 12.8. The third kappa shape index (κ3) is 3.11. The fourth-order valence-electron chi connectivity index (χ4n) is 6.09. The molecular formula is C36H21BrO. The molecule has 0 N–H and O–H groups in total. The highest BCUT2D eigenvalue weighted by Gasteiger charge is 2.20. The number of rotatable bonds is 2. The molecule has 8 rings (SSSR count). The lowest BCUT2D eigenvalue weighted by atomic mass is 9.84. The number of para-hydroxylation sites is 1. The van der Waals surface area contributed by atoms with Crippen molar-refractivity contribution in [3.63, 3.8) is 0 Å². The van der Waals surface area contributed by atoms with Crippen LogP contribution in [0, 0.1) is 0 Å². The normalized spacial score (nSPS) is 11.8. The van der Waals surface area contributed by atoms with Gasteiger partial charge in [-0.25, -0.2) is 0 Å². The smallest absolute Gasteiger partial charge is 0.135 e. The van der Waals surface area contributed by atoms with Crippen molar-refractivity contribution in [3.05, 3.63) is 132 Å². The van der Waals surface area contributed by atoms with E-state index in [1.54, 1.807) is 0 Å². The van der Waals surface area contributed by atoms with E-state index in [1.807, 2.05) is 12.1 Å². The first-order valence-corrected chi connectivity index (χ1v) is 13.6. The molecule has 1 heterocycles. The summed E-state index contributed by atoms with van der Waals surface area (Å²) in [6.07, 6.45) is 0. The van der Waals surface area contributed by atoms with Crippen molar-refractivity contribution in [3.8, 4) is 22.3 Å². The summed E-state index contributed by atoms with van der Waals surface area (Å²) >= 11 is 3.92. The monoisotopic (exact) mass is 548 g/mol. The van der Waals surface area contributed by atoms with Gasteiger partial charge in [0, 0.05) is 20.8 Å². The van der Waals surface area contributed by atoms with Gasteiger partial charge in [-0.2, -0.15) is 0 Å². The van der Waals surface area contributed by atoms with Crippen LogP contribution in [0.3, 0.4) is 0 Å². The van der Waals surface area contributed by atoms with Gasteiger partial charge in [-0.05, 0) is 73.3 Å². The van der Waals surface area contributed by atoms with Gasteiger partial charge in [0.25, 0.3) is 0 Å². The van der Waals surface area contributed by atoms with Gasteiger partial charge in [-0.15, -0.1) is 0 Å². The summed E-state index contributed by atoms with van der Waals surface area (Å²) in [6, 6.07) is 45.5. The molecule has 0 saturated carbocycles. The molecule has 38 heavy (non-hydrogen) atoms. The first-order chi connectivity index (χ1) is 18.8. The third-order valence-electron chi connectivity index (χ3n) is 7.73. The number of hydrogen-bond donors (Lipinski definition) is 0. The molecule has 0 bridgehead atoms. The van der Waals surface area contributed by atoms with Gasteiger partial charge in [-0.3, -0.25) is 0 Å². The molecule has 0 atom stereocenters. The molecule has 0 aliphatic carbocycles. The van der Waals surface area contributed by atoms with Crippen LogP contribution in [0.15, 0.2) is 136 Å². The quantitative estimate of drug-likeness (QED) is 0.196. The molecule has 8 aromatic rings. The summed E-state index contributed by atoms with van der Waals surface area (Å²) in [4.78, 5) is 0. The predicted octanol–water partition coefficient (Wildman–Crippen LogP) is 11.1. The van der Waals surface area contributed by atoms with E-state index in [0.29, 0.717) is 0 Å². The molecule has 0 aliphatic heterocycles. The summed E-state index contributed by atoms with van der Waals surface area (Å²) in [6.45, 7) is 0. The van der Waals surface area contributed by atoms with Crippen LogP contribution in [0.25, 0.3) is 76.5 Å². The van der Waals surface area contributed by atoms with E-state index in [4.69, 9.17) is 4.42 Å². The molecule has 7 aromatic carbocycles. The first kappa shape index (κ1) is 21.7. The second kappa shape index (κ2) is 8.31. The highest BCUT2D eigenvalue weighted by Crippen LogP contribution is 2.47. The van der Waals surface area contributed by atoms with Crippen molar-refractivity contribution in [1.29, 1.82) is 0 Å². The number of benzene rings is 7. The molecule has 0 unspecified atom stereocenters. The predicted molar refractivity (Wildman–Crippen MR) is 165 cm³/mol. The van der Waals surface area contributed by atoms with Crippen LogP contribution in [0.4, 0.5) is 0 Å². The van der Waals surface area contributed by atoms with Crippen molar-refractivity contribution < 1.29 is 4.42 Å². The molecule has 0 aliphatic rings. The molecule has 2 heteroatoms. The van der Waals surface area contributed by atoms with E-state index in [2.05, 4.69) is 131 Å². The number of hydrogen-bond acceptors (Lipinski definition) is 1. The van der Waals surface area contributed by atoms with E-state index < -0.39 is 0 Å². The molecule has 1 nitrogen and oxygen atoms in total. The molecular weight excluding hydrogens is 528 g/mol.